The van der Waals surface area contributed by atoms with Crippen molar-refractivity contribution in [2.24, 2.45) is 0 Å². The van der Waals surface area contributed by atoms with Crippen LogP contribution in [0.15, 0.2) is 24.5 Å². The van der Waals surface area contributed by atoms with Gasteiger partial charge in [-0.1, -0.05) is 0 Å². The van der Waals surface area contributed by atoms with Gasteiger partial charge in [-0.25, -0.2) is 4.98 Å². The topological polar surface area (TPSA) is 67.4 Å². The molecule has 1 fully saturated rings. The second-order valence-corrected chi connectivity index (χ2v) is 6.74. The molecule has 3 heterocycles. The van der Waals surface area contributed by atoms with Crippen LogP contribution in [0, 0.1) is 6.92 Å². The zero-order valence-corrected chi connectivity index (χ0v) is 14.6. The molecular weight excluding hydrogens is 324 g/mol. The normalized spacial score (nSPS) is 15.4. The standard InChI is InChI=1S/C17H22N4O2S/c1-13-15(24-17(20-13)14-4-2-5-18-12-14)16(22)19-6-3-7-21-8-10-23-11-9-21/h2,4-5,12H,3,6-11H2,1H3,(H,19,22). The highest BCUT2D eigenvalue weighted by Crippen LogP contribution is 2.27. The lowest BCUT2D eigenvalue weighted by Crippen LogP contribution is -2.38. The van der Waals surface area contributed by atoms with Crippen LogP contribution in [0.2, 0.25) is 0 Å². The Morgan fingerprint density at radius 1 is 1.42 bits per heavy atom. The van der Waals surface area contributed by atoms with Crippen molar-refractivity contribution >= 4 is 17.2 Å². The molecule has 1 aliphatic heterocycles. The Morgan fingerprint density at radius 3 is 3.00 bits per heavy atom. The van der Waals surface area contributed by atoms with Gasteiger partial charge in [-0.15, -0.1) is 11.3 Å². The summed E-state index contributed by atoms with van der Waals surface area (Å²) in [6.45, 7) is 7.13. The Balaban J connectivity index is 1.51. The Kier molecular flexibility index (Phi) is 5.90. The monoisotopic (exact) mass is 346 g/mol. The van der Waals surface area contributed by atoms with Crippen molar-refractivity contribution in [1.29, 1.82) is 0 Å². The van der Waals surface area contributed by atoms with Crippen molar-refractivity contribution in [3.8, 4) is 10.6 Å². The first-order valence-electron chi connectivity index (χ1n) is 8.20. The Hall–Kier alpha value is -1.83. The molecule has 1 aliphatic rings. The number of carbonyl (C=O) groups is 1. The van der Waals surface area contributed by atoms with Crippen LogP contribution in [-0.2, 0) is 4.74 Å². The zero-order chi connectivity index (χ0) is 16.8. The molecule has 0 radical (unpaired) electrons. The molecule has 0 saturated carbocycles. The predicted octanol–water partition coefficient (Wildman–Crippen LogP) is 1.97. The van der Waals surface area contributed by atoms with Crippen LogP contribution >= 0.6 is 11.3 Å². The van der Waals surface area contributed by atoms with Crippen LogP contribution in [0.4, 0.5) is 0 Å². The zero-order valence-electron chi connectivity index (χ0n) is 13.8. The van der Waals surface area contributed by atoms with E-state index in [-0.39, 0.29) is 5.91 Å². The lowest BCUT2D eigenvalue weighted by Gasteiger charge is -2.26. The third-order valence-electron chi connectivity index (χ3n) is 3.95. The van der Waals surface area contributed by atoms with Gasteiger partial charge in [0.15, 0.2) is 0 Å². The molecule has 128 valence electrons. The number of amides is 1. The van der Waals surface area contributed by atoms with E-state index in [0.717, 1.165) is 55.5 Å². The number of nitrogens with zero attached hydrogens (tertiary/aromatic N) is 3. The minimum Gasteiger partial charge on any atom is -0.379 e. The SMILES string of the molecule is Cc1nc(-c2cccnc2)sc1C(=O)NCCCN1CCOCC1. The summed E-state index contributed by atoms with van der Waals surface area (Å²) in [5.41, 5.74) is 1.71. The van der Waals surface area contributed by atoms with Gasteiger partial charge >= 0.3 is 0 Å². The molecule has 1 N–H and O–H groups in total. The summed E-state index contributed by atoms with van der Waals surface area (Å²) in [5, 5.41) is 3.83. The molecule has 3 rings (SSSR count). The maximum Gasteiger partial charge on any atom is 0.263 e. The summed E-state index contributed by atoms with van der Waals surface area (Å²) in [7, 11) is 0. The molecule has 0 unspecified atom stereocenters. The first-order chi connectivity index (χ1) is 11.7. The van der Waals surface area contributed by atoms with E-state index in [9.17, 15) is 4.79 Å². The first-order valence-corrected chi connectivity index (χ1v) is 9.02. The van der Waals surface area contributed by atoms with Gasteiger partial charge in [-0.3, -0.25) is 14.7 Å². The fourth-order valence-electron chi connectivity index (χ4n) is 2.63. The fourth-order valence-corrected chi connectivity index (χ4v) is 3.60. The van der Waals surface area contributed by atoms with E-state index in [4.69, 9.17) is 4.74 Å². The summed E-state index contributed by atoms with van der Waals surface area (Å²) in [6.07, 6.45) is 4.44. The molecule has 1 saturated heterocycles. The summed E-state index contributed by atoms with van der Waals surface area (Å²) in [4.78, 5) is 24.0. The predicted molar refractivity (Wildman–Crippen MR) is 94.3 cm³/mol. The highest BCUT2D eigenvalue weighted by atomic mass is 32.1. The Bertz CT molecular complexity index is 668. The van der Waals surface area contributed by atoms with Gasteiger partial charge in [0.2, 0.25) is 0 Å². The van der Waals surface area contributed by atoms with Crippen LogP contribution in [0.25, 0.3) is 10.6 Å². The summed E-state index contributed by atoms with van der Waals surface area (Å²) < 4.78 is 5.33. The third kappa shape index (κ3) is 4.37. The number of pyridine rings is 1. The molecular formula is C17H22N4O2S. The van der Waals surface area contributed by atoms with Crippen molar-refractivity contribution in [2.75, 3.05) is 39.4 Å². The van der Waals surface area contributed by atoms with Gasteiger partial charge < -0.3 is 10.1 Å². The number of rotatable bonds is 6. The quantitative estimate of drug-likeness (QED) is 0.810. The number of thiazole rings is 1. The molecule has 1 amide bonds. The number of morpholine rings is 1. The van der Waals surface area contributed by atoms with Crippen LogP contribution in [0.5, 0.6) is 0 Å². The van der Waals surface area contributed by atoms with Gasteiger partial charge in [0, 0.05) is 37.6 Å². The molecule has 0 atom stereocenters. The van der Waals surface area contributed by atoms with Gasteiger partial charge in [-0.05, 0) is 32.0 Å². The van der Waals surface area contributed by atoms with Crippen LogP contribution < -0.4 is 5.32 Å². The molecule has 24 heavy (non-hydrogen) atoms. The van der Waals surface area contributed by atoms with Crippen LogP contribution in [-0.4, -0.2) is 60.2 Å². The maximum absolute atomic E-state index is 12.4. The summed E-state index contributed by atoms with van der Waals surface area (Å²) in [6, 6.07) is 3.83. The maximum atomic E-state index is 12.4. The molecule has 0 spiro atoms. The van der Waals surface area contributed by atoms with Gasteiger partial charge in [0.25, 0.3) is 5.91 Å². The Morgan fingerprint density at radius 2 is 2.25 bits per heavy atom. The van der Waals surface area contributed by atoms with Crippen molar-refractivity contribution in [3.05, 3.63) is 35.1 Å². The van der Waals surface area contributed by atoms with E-state index >= 15 is 0 Å². The second-order valence-electron chi connectivity index (χ2n) is 5.74. The fraction of sp³-hybridized carbons (Fsp3) is 0.471. The van der Waals surface area contributed by atoms with Crippen LogP contribution in [0.1, 0.15) is 21.8 Å². The number of carbonyl (C=O) groups excluding carboxylic acids is 1. The lowest BCUT2D eigenvalue weighted by atomic mass is 10.3. The Labute approximate surface area is 145 Å². The third-order valence-corrected chi connectivity index (χ3v) is 5.16. The van der Waals surface area contributed by atoms with Crippen molar-refractivity contribution in [1.82, 2.24) is 20.2 Å². The van der Waals surface area contributed by atoms with E-state index in [2.05, 4.69) is 20.2 Å². The lowest BCUT2D eigenvalue weighted by molar-refractivity contribution is 0.0374. The molecule has 2 aromatic heterocycles. The van der Waals surface area contributed by atoms with E-state index < -0.39 is 0 Å². The number of ether oxygens (including phenoxy) is 1. The van der Waals surface area contributed by atoms with E-state index in [1.54, 1.807) is 12.4 Å². The number of aromatic nitrogens is 2. The molecule has 6 nitrogen and oxygen atoms in total. The van der Waals surface area contributed by atoms with E-state index in [0.29, 0.717) is 11.4 Å². The molecule has 7 heteroatoms. The summed E-state index contributed by atoms with van der Waals surface area (Å²) >= 11 is 1.42. The van der Waals surface area contributed by atoms with Crippen LogP contribution in [0.3, 0.4) is 0 Å². The first kappa shape index (κ1) is 17.0. The smallest absolute Gasteiger partial charge is 0.263 e. The van der Waals surface area contributed by atoms with E-state index in [1.165, 1.54) is 11.3 Å². The molecule has 0 aliphatic carbocycles. The molecule has 0 aromatic carbocycles. The van der Waals surface area contributed by atoms with Gasteiger partial charge in [0.05, 0.1) is 18.9 Å². The minimum atomic E-state index is -0.0397. The average molecular weight is 346 g/mol. The molecule has 2 aromatic rings. The second kappa shape index (κ2) is 8.32. The number of nitrogens with one attached hydrogen (secondary N) is 1. The number of hydrogen-bond donors (Lipinski definition) is 1. The number of hydrogen-bond acceptors (Lipinski definition) is 6. The minimum absolute atomic E-state index is 0.0397. The largest absolute Gasteiger partial charge is 0.379 e. The average Bonchev–Trinajstić information content (AvgIpc) is 3.02. The van der Waals surface area contributed by atoms with Crippen molar-refractivity contribution in [2.45, 2.75) is 13.3 Å². The molecule has 0 bridgehead atoms. The van der Waals surface area contributed by atoms with Gasteiger partial charge in [-0.2, -0.15) is 0 Å². The highest BCUT2D eigenvalue weighted by Gasteiger charge is 2.16. The van der Waals surface area contributed by atoms with Gasteiger partial charge in [0.1, 0.15) is 9.88 Å². The van der Waals surface area contributed by atoms with E-state index in [1.807, 2.05) is 19.1 Å². The number of aryl methyl sites for hydroxylation is 1. The van der Waals surface area contributed by atoms with Crippen molar-refractivity contribution < 1.29 is 9.53 Å². The highest BCUT2D eigenvalue weighted by molar-refractivity contribution is 7.17. The summed E-state index contributed by atoms with van der Waals surface area (Å²) in [5.74, 6) is -0.0397. The van der Waals surface area contributed by atoms with Crippen molar-refractivity contribution in [3.63, 3.8) is 0 Å².